The lowest BCUT2D eigenvalue weighted by Crippen LogP contribution is -2.33. The van der Waals surface area contributed by atoms with Gasteiger partial charge in [0.05, 0.1) is 85.4 Å². The summed E-state index contributed by atoms with van der Waals surface area (Å²) in [4.78, 5) is 0. The first-order valence-electron chi connectivity index (χ1n) is 12.3. The van der Waals surface area contributed by atoms with Crippen molar-refractivity contribution in [2.75, 3.05) is 105 Å². The molecule has 0 aromatic carbocycles. The zero-order valence-electron chi connectivity index (χ0n) is 19.9. The molecular formula is C23H46ClNO7. The number of piperidine rings is 1. The summed E-state index contributed by atoms with van der Waals surface area (Å²) < 4.78 is 38.7. The molecule has 1 saturated heterocycles. The van der Waals surface area contributed by atoms with Crippen LogP contribution >= 0.6 is 11.6 Å². The number of alkyl halides is 1. The molecule has 1 fully saturated rings. The molecule has 0 aliphatic carbocycles. The van der Waals surface area contributed by atoms with E-state index in [0.717, 1.165) is 51.3 Å². The van der Waals surface area contributed by atoms with E-state index < -0.39 is 0 Å². The second kappa shape index (κ2) is 25.6. The van der Waals surface area contributed by atoms with E-state index in [0.29, 0.717) is 85.4 Å². The molecule has 0 amide bonds. The zero-order chi connectivity index (χ0) is 22.8. The van der Waals surface area contributed by atoms with Gasteiger partial charge in [0.1, 0.15) is 0 Å². The maximum absolute atomic E-state index is 5.78. The lowest BCUT2D eigenvalue weighted by Gasteiger charge is -2.22. The quantitative estimate of drug-likeness (QED) is 0.157. The Bertz CT molecular complexity index is 363. The summed E-state index contributed by atoms with van der Waals surface area (Å²) in [5.74, 6) is 0.753. The highest BCUT2D eigenvalue weighted by Gasteiger charge is 2.12. The van der Waals surface area contributed by atoms with Crippen LogP contribution < -0.4 is 5.32 Å². The van der Waals surface area contributed by atoms with Crippen LogP contribution in [0.3, 0.4) is 0 Å². The number of nitrogens with one attached hydrogen (secondary N) is 1. The number of ether oxygens (including phenoxy) is 7. The predicted molar refractivity (Wildman–Crippen MR) is 126 cm³/mol. The van der Waals surface area contributed by atoms with E-state index >= 15 is 0 Å². The molecule has 0 aromatic rings. The molecule has 192 valence electrons. The summed E-state index contributed by atoms with van der Waals surface area (Å²) in [5, 5.41) is 3.33. The van der Waals surface area contributed by atoms with Crippen molar-refractivity contribution in [1.29, 1.82) is 0 Å². The molecule has 1 aliphatic heterocycles. The zero-order valence-corrected chi connectivity index (χ0v) is 20.6. The van der Waals surface area contributed by atoms with Crippen LogP contribution in [0.5, 0.6) is 0 Å². The van der Waals surface area contributed by atoms with Crippen LogP contribution in [0.15, 0.2) is 0 Å². The average molecular weight is 484 g/mol. The summed E-state index contributed by atoms with van der Waals surface area (Å²) in [6.45, 7) is 9.94. The third-order valence-corrected chi connectivity index (χ3v) is 5.17. The molecule has 0 radical (unpaired) electrons. The first kappa shape index (κ1) is 30.0. The van der Waals surface area contributed by atoms with Crippen molar-refractivity contribution >= 4 is 11.6 Å². The minimum absolute atomic E-state index is 0.385. The van der Waals surface area contributed by atoms with Crippen LogP contribution in [-0.2, 0) is 33.2 Å². The van der Waals surface area contributed by atoms with E-state index in [9.17, 15) is 0 Å². The van der Waals surface area contributed by atoms with Crippen molar-refractivity contribution in [2.24, 2.45) is 0 Å². The van der Waals surface area contributed by atoms with E-state index in [2.05, 4.69) is 5.32 Å². The Morgan fingerprint density at radius 2 is 0.906 bits per heavy atom. The molecular weight excluding hydrogens is 438 g/mol. The van der Waals surface area contributed by atoms with Crippen LogP contribution in [0.2, 0.25) is 0 Å². The third-order valence-electron chi connectivity index (χ3n) is 4.90. The van der Waals surface area contributed by atoms with Gasteiger partial charge in [0.2, 0.25) is 0 Å². The largest absolute Gasteiger partial charge is 0.379 e. The van der Waals surface area contributed by atoms with Gasteiger partial charge in [-0.25, -0.2) is 0 Å². The molecule has 0 saturated carbocycles. The molecule has 9 heteroatoms. The molecule has 8 nitrogen and oxygen atoms in total. The van der Waals surface area contributed by atoms with Gasteiger partial charge in [0.25, 0.3) is 0 Å². The highest BCUT2D eigenvalue weighted by Crippen LogP contribution is 2.06. The lowest BCUT2D eigenvalue weighted by molar-refractivity contribution is -0.0306. The van der Waals surface area contributed by atoms with Crippen molar-refractivity contribution in [1.82, 2.24) is 5.32 Å². The summed E-state index contributed by atoms with van der Waals surface area (Å²) in [6, 6.07) is 0. The van der Waals surface area contributed by atoms with Crippen molar-refractivity contribution in [3.05, 3.63) is 0 Å². The smallest absolute Gasteiger partial charge is 0.0704 e. The van der Waals surface area contributed by atoms with Gasteiger partial charge < -0.3 is 38.5 Å². The van der Waals surface area contributed by atoms with E-state index in [-0.39, 0.29) is 0 Å². The summed E-state index contributed by atoms with van der Waals surface area (Å²) >= 11 is 5.64. The number of rotatable bonds is 25. The molecule has 0 bridgehead atoms. The molecule has 0 spiro atoms. The third kappa shape index (κ3) is 21.8. The van der Waals surface area contributed by atoms with Crippen molar-refractivity contribution < 1.29 is 33.2 Å². The van der Waals surface area contributed by atoms with Gasteiger partial charge in [-0.05, 0) is 38.8 Å². The fraction of sp³-hybridized carbons (Fsp3) is 1.00. The van der Waals surface area contributed by atoms with E-state index in [4.69, 9.17) is 44.8 Å². The average Bonchev–Trinajstić information content (AvgIpc) is 2.82. The fourth-order valence-electron chi connectivity index (χ4n) is 3.09. The number of halogens is 1. The second-order valence-electron chi connectivity index (χ2n) is 7.60. The maximum Gasteiger partial charge on any atom is 0.0704 e. The Kier molecular flexibility index (Phi) is 24.0. The Hall–Kier alpha value is -0.0300. The monoisotopic (exact) mass is 483 g/mol. The van der Waals surface area contributed by atoms with Gasteiger partial charge in [-0.2, -0.15) is 0 Å². The molecule has 1 N–H and O–H groups in total. The molecule has 1 aliphatic rings. The summed E-state index contributed by atoms with van der Waals surface area (Å²) in [6.07, 6.45) is 7.11. The van der Waals surface area contributed by atoms with Gasteiger partial charge >= 0.3 is 0 Å². The Labute approximate surface area is 199 Å². The van der Waals surface area contributed by atoms with Gasteiger partial charge in [0, 0.05) is 12.5 Å². The normalized spacial score (nSPS) is 14.9. The van der Waals surface area contributed by atoms with Gasteiger partial charge in [-0.1, -0.05) is 12.8 Å². The molecule has 0 unspecified atom stereocenters. The topological polar surface area (TPSA) is 76.6 Å². The van der Waals surface area contributed by atoms with Gasteiger partial charge in [-0.3, -0.25) is 0 Å². The van der Waals surface area contributed by atoms with Crippen LogP contribution in [0.1, 0.15) is 38.5 Å². The molecule has 0 atom stereocenters. The second-order valence-corrected chi connectivity index (χ2v) is 7.98. The predicted octanol–water partition coefficient (Wildman–Crippen LogP) is 2.65. The molecule has 0 aromatic heterocycles. The summed E-state index contributed by atoms with van der Waals surface area (Å²) in [5.41, 5.74) is 0. The summed E-state index contributed by atoms with van der Waals surface area (Å²) in [7, 11) is 0. The Morgan fingerprint density at radius 3 is 1.38 bits per heavy atom. The fourth-order valence-corrected chi connectivity index (χ4v) is 3.28. The standard InChI is InChI=1S/C23H46ClNO7/c24-7-3-1-2-4-10-26-11-12-27-13-14-28-15-16-29-17-18-30-19-20-31-21-22-32-23-5-8-25-9-6-23/h23,25H,1-22H2. The minimum Gasteiger partial charge on any atom is -0.379 e. The Morgan fingerprint density at radius 1 is 0.500 bits per heavy atom. The van der Waals surface area contributed by atoms with Crippen molar-refractivity contribution in [3.8, 4) is 0 Å². The van der Waals surface area contributed by atoms with E-state index in [1.165, 1.54) is 12.8 Å². The highest BCUT2D eigenvalue weighted by molar-refractivity contribution is 6.17. The molecule has 1 heterocycles. The van der Waals surface area contributed by atoms with Gasteiger partial charge in [-0.15, -0.1) is 11.6 Å². The molecule has 1 rings (SSSR count). The first-order chi connectivity index (χ1) is 15.9. The lowest BCUT2D eigenvalue weighted by atomic mass is 10.1. The van der Waals surface area contributed by atoms with Crippen molar-refractivity contribution in [3.63, 3.8) is 0 Å². The van der Waals surface area contributed by atoms with Crippen LogP contribution in [0, 0.1) is 0 Å². The number of hydrogen-bond donors (Lipinski definition) is 1. The van der Waals surface area contributed by atoms with E-state index in [1.54, 1.807) is 0 Å². The van der Waals surface area contributed by atoms with Crippen LogP contribution in [-0.4, -0.2) is 111 Å². The minimum atomic E-state index is 0.385. The SMILES string of the molecule is ClCCCCCCOCCOCCOCCOCCOCCOCCOC1CCNCC1. The van der Waals surface area contributed by atoms with Crippen LogP contribution in [0.4, 0.5) is 0 Å². The van der Waals surface area contributed by atoms with Crippen LogP contribution in [0.25, 0.3) is 0 Å². The number of hydrogen-bond acceptors (Lipinski definition) is 8. The molecule has 32 heavy (non-hydrogen) atoms. The van der Waals surface area contributed by atoms with Gasteiger partial charge in [0.15, 0.2) is 0 Å². The van der Waals surface area contributed by atoms with Crippen molar-refractivity contribution in [2.45, 2.75) is 44.6 Å². The maximum atomic E-state index is 5.78. The Balaban J connectivity index is 1.62. The first-order valence-corrected chi connectivity index (χ1v) is 12.8. The highest BCUT2D eigenvalue weighted by atomic mass is 35.5. The van der Waals surface area contributed by atoms with E-state index in [1.807, 2.05) is 0 Å². The number of unbranched alkanes of at least 4 members (excludes halogenated alkanes) is 3.